The summed E-state index contributed by atoms with van der Waals surface area (Å²) in [6, 6.07) is 0. The monoisotopic (exact) mass is 228 g/mol. The van der Waals surface area contributed by atoms with Crippen LogP contribution in [0.25, 0.3) is 0 Å². The Hall–Kier alpha value is -0.600. The first kappa shape index (κ1) is 11.9. The van der Waals surface area contributed by atoms with E-state index in [1.807, 2.05) is 0 Å². The molecule has 2 fully saturated rings. The molecule has 16 heavy (non-hydrogen) atoms. The van der Waals surface area contributed by atoms with E-state index < -0.39 is 12.3 Å². The van der Waals surface area contributed by atoms with E-state index in [1.54, 1.807) is 6.92 Å². The summed E-state index contributed by atoms with van der Waals surface area (Å²) < 4.78 is 18.9. The van der Waals surface area contributed by atoms with Gasteiger partial charge in [-0.15, -0.1) is 0 Å². The first-order valence-electron chi connectivity index (χ1n) is 6.50. The minimum atomic E-state index is -0.979. The third-order valence-corrected chi connectivity index (χ3v) is 4.14. The average Bonchev–Trinajstić information content (AvgIpc) is 2.31. The molecule has 1 saturated carbocycles. The second-order valence-electron chi connectivity index (χ2n) is 5.29. The Morgan fingerprint density at radius 1 is 1.19 bits per heavy atom. The number of carbonyl (C=O) groups excluding carboxylic acids is 1. The van der Waals surface area contributed by atoms with Crippen molar-refractivity contribution in [1.29, 1.82) is 0 Å². The van der Waals surface area contributed by atoms with Gasteiger partial charge in [0.05, 0.1) is 0 Å². The molecule has 0 N–H and O–H groups in total. The molecule has 92 valence electrons. The predicted molar refractivity (Wildman–Crippen MR) is 59.7 cm³/mol. The molecule has 0 aromatic heterocycles. The zero-order valence-corrected chi connectivity index (χ0v) is 9.95. The normalized spacial score (nSPS) is 41.2. The van der Waals surface area contributed by atoms with Crippen molar-refractivity contribution < 1.29 is 13.9 Å². The van der Waals surface area contributed by atoms with Crippen LogP contribution in [0.15, 0.2) is 0 Å². The smallest absolute Gasteiger partial charge is 0.306 e. The van der Waals surface area contributed by atoms with Crippen molar-refractivity contribution in [2.24, 2.45) is 11.8 Å². The molecule has 1 heterocycles. The number of cyclic esters (lactones) is 1. The Bertz CT molecular complexity index is 254. The number of halogens is 1. The van der Waals surface area contributed by atoms with Crippen molar-refractivity contribution in [1.82, 2.24) is 0 Å². The fourth-order valence-corrected chi connectivity index (χ4v) is 3.10. The van der Waals surface area contributed by atoms with E-state index in [4.69, 9.17) is 4.74 Å². The van der Waals surface area contributed by atoms with Gasteiger partial charge in [-0.05, 0) is 31.6 Å². The largest absolute Gasteiger partial charge is 0.460 e. The molecule has 1 aliphatic carbocycles. The molecule has 0 bridgehead atoms. The Morgan fingerprint density at radius 2 is 1.88 bits per heavy atom. The van der Waals surface area contributed by atoms with Gasteiger partial charge in [0, 0.05) is 6.42 Å². The van der Waals surface area contributed by atoms with Gasteiger partial charge in [-0.25, -0.2) is 4.39 Å². The maximum absolute atomic E-state index is 13.9. The Labute approximate surface area is 96.5 Å². The van der Waals surface area contributed by atoms with Crippen molar-refractivity contribution in [2.45, 2.75) is 64.1 Å². The lowest BCUT2D eigenvalue weighted by atomic mass is 9.74. The molecule has 1 saturated heterocycles. The lowest BCUT2D eigenvalue weighted by Crippen LogP contribution is -2.28. The number of fused-ring (bicyclic) bond motifs is 1. The molecule has 4 unspecified atom stereocenters. The quantitative estimate of drug-likeness (QED) is 0.595. The highest BCUT2D eigenvalue weighted by Crippen LogP contribution is 2.38. The van der Waals surface area contributed by atoms with Crippen LogP contribution in [0.1, 0.15) is 51.9 Å². The maximum atomic E-state index is 13.9. The molecule has 2 nitrogen and oxygen atoms in total. The van der Waals surface area contributed by atoms with Crippen LogP contribution >= 0.6 is 0 Å². The van der Waals surface area contributed by atoms with Crippen LogP contribution in [-0.2, 0) is 9.53 Å². The Kier molecular flexibility index (Phi) is 3.82. The highest BCUT2D eigenvalue weighted by Gasteiger charge is 2.32. The highest BCUT2D eigenvalue weighted by atomic mass is 19.1. The average molecular weight is 228 g/mol. The number of carbonyl (C=O) groups is 1. The zero-order valence-electron chi connectivity index (χ0n) is 9.95. The number of hydrogen-bond donors (Lipinski definition) is 0. The summed E-state index contributed by atoms with van der Waals surface area (Å²) in [6.07, 6.45) is 5.16. The molecule has 0 spiro atoms. The van der Waals surface area contributed by atoms with Crippen LogP contribution < -0.4 is 0 Å². The molecular weight excluding hydrogens is 207 g/mol. The summed E-state index contributed by atoms with van der Waals surface area (Å²) >= 11 is 0. The topological polar surface area (TPSA) is 26.3 Å². The van der Waals surface area contributed by atoms with E-state index in [0.29, 0.717) is 24.7 Å². The van der Waals surface area contributed by atoms with E-state index in [1.165, 1.54) is 19.3 Å². The predicted octanol–water partition coefficient (Wildman–Crippen LogP) is 3.25. The standard InChI is InChI=1S/C13H21FO2/c1-9-12(14)8-11-5-3-2-4-10(11)6-7-13(15)16-9/h9-12H,2-8H2,1H3. The summed E-state index contributed by atoms with van der Waals surface area (Å²) in [4.78, 5) is 11.4. The molecular formula is C13H21FO2. The maximum Gasteiger partial charge on any atom is 0.306 e. The SMILES string of the molecule is CC1OC(=O)CCC2CCCCC2CC1F. The van der Waals surface area contributed by atoms with E-state index >= 15 is 0 Å². The second kappa shape index (κ2) is 5.15. The Balaban J connectivity index is 2.05. The van der Waals surface area contributed by atoms with Crippen molar-refractivity contribution in [3.8, 4) is 0 Å². The number of esters is 1. The van der Waals surface area contributed by atoms with Crippen LogP contribution in [0, 0.1) is 11.8 Å². The molecule has 0 aromatic carbocycles. The number of hydrogen-bond acceptors (Lipinski definition) is 2. The molecule has 1 aliphatic heterocycles. The van der Waals surface area contributed by atoms with Gasteiger partial charge in [0.25, 0.3) is 0 Å². The number of alkyl halides is 1. The molecule has 2 rings (SSSR count). The lowest BCUT2D eigenvalue weighted by molar-refractivity contribution is -0.151. The second-order valence-corrected chi connectivity index (χ2v) is 5.29. The fourth-order valence-electron chi connectivity index (χ4n) is 3.10. The van der Waals surface area contributed by atoms with Crippen molar-refractivity contribution >= 4 is 5.97 Å². The fraction of sp³-hybridized carbons (Fsp3) is 0.923. The van der Waals surface area contributed by atoms with Gasteiger partial charge >= 0.3 is 5.97 Å². The minimum Gasteiger partial charge on any atom is -0.460 e. The summed E-state index contributed by atoms with van der Waals surface area (Å²) in [6.45, 7) is 1.67. The molecule has 3 heteroatoms. The van der Waals surface area contributed by atoms with Gasteiger partial charge < -0.3 is 4.74 Å². The summed E-state index contributed by atoms with van der Waals surface area (Å²) in [5, 5.41) is 0. The first-order chi connectivity index (χ1) is 7.66. The third kappa shape index (κ3) is 2.74. The molecule has 4 atom stereocenters. The van der Waals surface area contributed by atoms with Gasteiger partial charge in [-0.2, -0.15) is 0 Å². The van der Waals surface area contributed by atoms with Crippen LogP contribution in [-0.4, -0.2) is 18.2 Å². The van der Waals surface area contributed by atoms with Crippen molar-refractivity contribution in [2.75, 3.05) is 0 Å². The zero-order chi connectivity index (χ0) is 11.5. The van der Waals surface area contributed by atoms with Crippen molar-refractivity contribution in [3.63, 3.8) is 0 Å². The number of ether oxygens (including phenoxy) is 1. The third-order valence-electron chi connectivity index (χ3n) is 4.14. The molecule has 0 radical (unpaired) electrons. The van der Waals surface area contributed by atoms with Gasteiger partial charge in [-0.1, -0.05) is 25.7 Å². The van der Waals surface area contributed by atoms with Crippen LogP contribution in [0.3, 0.4) is 0 Å². The lowest BCUT2D eigenvalue weighted by Gasteiger charge is -2.31. The van der Waals surface area contributed by atoms with Crippen molar-refractivity contribution in [3.05, 3.63) is 0 Å². The van der Waals surface area contributed by atoms with E-state index in [0.717, 1.165) is 12.8 Å². The molecule has 2 aliphatic rings. The Morgan fingerprint density at radius 3 is 2.62 bits per heavy atom. The summed E-state index contributed by atoms with van der Waals surface area (Å²) in [5.41, 5.74) is 0. The first-order valence-corrected chi connectivity index (χ1v) is 6.50. The van der Waals surface area contributed by atoms with Gasteiger partial charge in [0.2, 0.25) is 0 Å². The van der Waals surface area contributed by atoms with E-state index in [-0.39, 0.29) is 5.97 Å². The van der Waals surface area contributed by atoms with Gasteiger partial charge in [0.1, 0.15) is 12.3 Å². The molecule has 0 aromatic rings. The van der Waals surface area contributed by atoms with Gasteiger partial charge in [-0.3, -0.25) is 4.79 Å². The van der Waals surface area contributed by atoms with Crippen LogP contribution in [0.5, 0.6) is 0 Å². The number of rotatable bonds is 0. The minimum absolute atomic E-state index is 0.221. The van der Waals surface area contributed by atoms with E-state index in [2.05, 4.69) is 0 Å². The van der Waals surface area contributed by atoms with Crippen LogP contribution in [0.2, 0.25) is 0 Å². The highest BCUT2D eigenvalue weighted by molar-refractivity contribution is 5.69. The summed E-state index contributed by atoms with van der Waals surface area (Å²) in [5.74, 6) is 0.798. The summed E-state index contributed by atoms with van der Waals surface area (Å²) in [7, 11) is 0. The van der Waals surface area contributed by atoms with E-state index in [9.17, 15) is 9.18 Å². The van der Waals surface area contributed by atoms with Crippen LogP contribution in [0.4, 0.5) is 4.39 Å². The van der Waals surface area contributed by atoms with Gasteiger partial charge in [0.15, 0.2) is 0 Å². The molecule has 0 amide bonds.